The van der Waals surface area contributed by atoms with Crippen LogP contribution >= 0.6 is 0 Å². The molecule has 1 aromatic carbocycles. The van der Waals surface area contributed by atoms with Crippen LogP contribution in [0.1, 0.15) is 18.4 Å². The van der Waals surface area contributed by atoms with Gasteiger partial charge in [0, 0.05) is 13.6 Å². The Balaban J connectivity index is 2.34. The SMILES string of the molecule is CN(CCCc1ccc(F)cc1)C(=O)CC(=O)C(=O)O. The van der Waals surface area contributed by atoms with Gasteiger partial charge in [-0.15, -0.1) is 0 Å². The van der Waals surface area contributed by atoms with E-state index in [0.29, 0.717) is 19.4 Å². The van der Waals surface area contributed by atoms with E-state index in [1.165, 1.54) is 24.1 Å². The lowest BCUT2D eigenvalue weighted by atomic mass is 10.1. The van der Waals surface area contributed by atoms with Crippen LogP contribution in [0, 0.1) is 5.82 Å². The first-order valence-electron chi connectivity index (χ1n) is 6.14. The number of aliphatic carboxylic acids is 1. The molecule has 5 nitrogen and oxygen atoms in total. The van der Waals surface area contributed by atoms with Crippen LogP contribution in [0.4, 0.5) is 4.39 Å². The first kappa shape index (κ1) is 15.8. The van der Waals surface area contributed by atoms with Crippen LogP contribution in [0.3, 0.4) is 0 Å². The number of carboxylic acids is 1. The number of benzene rings is 1. The van der Waals surface area contributed by atoms with Gasteiger partial charge in [-0.2, -0.15) is 0 Å². The molecule has 6 heteroatoms. The number of hydrogen-bond acceptors (Lipinski definition) is 3. The Hall–Kier alpha value is -2.24. The van der Waals surface area contributed by atoms with Crippen molar-refractivity contribution in [2.24, 2.45) is 0 Å². The number of rotatable bonds is 7. The number of ketones is 1. The molecule has 0 fully saturated rings. The van der Waals surface area contributed by atoms with Crippen molar-refractivity contribution in [1.29, 1.82) is 0 Å². The van der Waals surface area contributed by atoms with Gasteiger partial charge in [-0.05, 0) is 30.5 Å². The molecule has 0 aliphatic carbocycles. The number of halogens is 1. The van der Waals surface area contributed by atoms with Gasteiger partial charge in [0.15, 0.2) is 0 Å². The van der Waals surface area contributed by atoms with Crippen molar-refractivity contribution in [3.05, 3.63) is 35.6 Å². The number of Topliss-reactive ketones (excluding diaryl/α,β-unsaturated/α-hetero) is 1. The average molecular weight is 281 g/mol. The number of amides is 1. The summed E-state index contributed by atoms with van der Waals surface area (Å²) in [5.74, 6) is -3.52. The molecule has 0 saturated carbocycles. The second kappa shape index (κ2) is 7.37. The standard InChI is InChI=1S/C14H16FNO4/c1-16(13(18)9-12(17)14(19)20)8-2-3-10-4-6-11(15)7-5-10/h4-7H,2-3,8-9H2,1H3,(H,19,20). The monoisotopic (exact) mass is 281 g/mol. The molecule has 0 aromatic heterocycles. The van der Waals surface area contributed by atoms with Crippen LogP contribution in [0.25, 0.3) is 0 Å². The second-order valence-corrected chi connectivity index (χ2v) is 4.45. The fourth-order valence-electron chi connectivity index (χ4n) is 1.64. The van der Waals surface area contributed by atoms with Crippen molar-refractivity contribution >= 4 is 17.7 Å². The van der Waals surface area contributed by atoms with Gasteiger partial charge in [0.1, 0.15) is 5.82 Å². The molecule has 0 heterocycles. The molecular weight excluding hydrogens is 265 g/mol. The third kappa shape index (κ3) is 5.17. The quantitative estimate of drug-likeness (QED) is 0.603. The predicted molar refractivity (Wildman–Crippen MR) is 69.6 cm³/mol. The number of nitrogens with zero attached hydrogens (tertiary/aromatic N) is 1. The van der Waals surface area contributed by atoms with Crippen molar-refractivity contribution in [2.75, 3.05) is 13.6 Å². The zero-order valence-electron chi connectivity index (χ0n) is 11.1. The van der Waals surface area contributed by atoms with Crippen molar-refractivity contribution < 1.29 is 23.9 Å². The zero-order chi connectivity index (χ0) is 15.1. The smallest absolute Gasteiger partial charge is 0.372 e. The number of hydrogen-bond donors (Lipinski definition) is 1. The molecule has 1 aromatic rings. The van der Waals surface area contributed by atoms with E-state index in [0.717, 1.165) is 5.56 Å². The van der Waals surface area contributed by atoms with E-state index in [4.69, 9.17) is 5.11 Å². The Morgan fingerprint density at radius 2 is 1.80 bits per heavy atom. The van der Waals surface area contributed by atoms with Gasteiger partial charge in [0.05, 0.1) is 6.42 Å². The second-order valence-electron chi connectivity index (χ2n) is 4.45. The highest BCUT2D eigenvalue weighted by Gasteiger charge is 2.18. The largest absolute Gasteiger partial charge is 0.475 e. The van der Waals surface area contributed by atoms with Gasteiger partial charge >= 0.3 is 5.97 Å². The van der Waals surface area contributed by atoms with Crippen molar-refractivity contribution in [3.63, 3.8) is 0 Å². The van der Waals surface area contributed by atoms with Crippen molar-refractivity contribution in [2.45, 2.75) is 19.3 Å². The Labute approximate surface area is 116 Å². The van der Waals surface area contributed by atoms with E-state index < -0.39 is 24.1 Å². The van der Waals surface area contributed by atoms with Crippen molar-refractivity contribution in [1.82, 2.24) is 4.90 Å². The first-order valence-corrected chi connectivity index (χ1v) is 6.14. The highest BCUT2D eigenvalue weighted by molar-refractivity contribution is 6.36. The molecule has 1 N–H and O–H groups in total. The molecule has 1 rings (SSSR count). The minimum Gasteiger partial charge on any atom is -0.475 e. The van der Waals surface area contributed by atoms with Crippen LogP contribution in [-0.4, -0.2) is 41.3 Å². The van der Waals surface area contributed by atoms with E-state index in [1.807, 2.05) is 0 Å². The molecule has 0 aliphatic heterocycles. The van der Waals surface area contributed by atoms with E-state index in [1.54, 1.807) is 12.1 Å². The van der Waals surface area contributed by atoms with E-state index in [9.17, 15) is 18.8 Å². The minimum atomic E-state index is -1.60. The molecule has 0 unspecified atom stereocenters. The summed E-state index contributed by atoms with van der Waals surface area (Å²) in [6.07, 6.45) is 0.697. The summed E-state index contributed by atoms with van der Waals surface area (Å²) in [4.78, 5) is 34.1. The fourth-order valence-corrected chi connectivity index (χ4v) is 1.64. The summed E-state index contributed by atoms with van der Waals surface area (Å²) in [6, 6.07) is 6.08. The maximum atomic E-state index is 12.7. The Morgan fingerprint density at radius 1 is 1.20 bits per heavy atom. The molecular formula is C14H16FNO4. The van der Waals surface area contributed by atoms with Gasteiger partial charge in [-0.3, -0.25) is 9.59 Å². The average Bonchev–Trinajstić information content (AvgIpc) is 2.40. The summed E-state index contributed by atoms with van der Waals surface area (Å²) < 4.78 is 12.7. The summed E-state index contributed by atoms with van der Waals surface area (Å²) in [5, 5.41) is 8.41. The van der Waals surface area contributed by atoms with Crippen LogP contribution in [0.2, 0.25) is 0 Å². The summed E-state index contributed by atoms with van der Waals surface area (Å²) in [6.45, 7) is 0.406. The van der Waals surface area contributed by atoms with Gasteiger partial charge < -0.3 is 10.0 Å². The zero-order valence-corrected chi connectivity index (χ0v) is 11.1. The Kier molecular flexibility index (Phi) is 5.83. The fraction of sp³-hybridized carbons (Fsp3) is 0.357. The Bertz CT molecular complexity index is 498. The molecule has 108 valence electrons. The van der Waals surface area contributed by atoms with Gasteiger partial charge in [-0.1, -0.05) is 12.1 Å². The van der Waals surface area contributed by atoms with Crippen LogP contribution in [0.15, 0.2) is 24.3 Å². The number of carbonyl (C=O) groups is 3. The molecule has 20 heavy (non-hydrogen) atoms. The summed E-state index contributed by atoms with van der Waals surface area (Å²) >= 11 is 0. The molecule has 0 atom stereocenters. The lowest BCUT2D eigenvalue weighted by molar-refractivity contribution is -0.151. The van der Waals surface area contributed by atoms with Crippen LogP contribution < -0.4 is 0 Å². The topological polar surface area (TPSA) is 74.7 Å². The van der Waals surface area contributed by atoms with Crippen molar-refractivity contribution in [3.8, 4) is 0 Å². The molecule has 1 amide bonds. The van der Waals surface area contributed by atoms with E-state index >= 15 is 0 Å². The van der Waals surface area contributed by atoms with E-state index in [2.05, 4.69) is 0 Å². The third-order valence-corrected chi connectivity index (χ3v) is 2.85. The van der Waals surface area contributed by atoms with Crippen LogP contribution in [-0.2, 0) is 20.8 Å². The number of aryl methyl sites for hydroxylation is 1. The van der Waals surface area contributed by atoms with E-state index in [-0.39, 0.29) is 5.82 Å². The lowest BCUT2D eigenvalue weighted by Crippen LogP contribution is -2.31. The maximum Gasteiger partial charge on any atom is 0.372 e. The minimum absolute atomic E-state index is 0.298. The van der Waals surface area contributed by atoms with Gasteiger partial charge in [0.25, 0.3) is 0 Å². The lowest BCUT2D eigenvalue weighted by Gasteiger charge is -2.16. The normalized spacial score (nSPS) is 10.1. The summed E-state index contributed by atoms with van der Waals surface area (Å²) in [5.41, 5.74) is 0.953. The molecule has 0 aliphatic rings. The predicted octanol–water partition coefficient (Wildman–Crippen LogP) is 1.26. The number of carbonyl (C=O) groups excluding carboxylic acids is 2. The first-order chi connectivity index (χ1) is 9.40. The highest BCUT2D eigenvalue weighted by Crippen LogP contribution is 2.06. The van der Waals surface area contributed by atoms with Crippen LogP contribution in [0.5, 0.6) is 0 Å². The summed E-state index contributed by atoms with van der Waals surface area (Å²) in [7, 11) is 1.52. The number of carboxylic acid groups (broad SMARTS) is 1. The van der Waals surface area contributed by atoms with Gasteiger partial charge in [0.2, 0.25) is 11.7 Å². The molecule has 0 radical (unpaired) electrons. The van der Waals surface area contributed by atoms with Gasteiger partial charge in [-0.25, -0.2) is 9.18 Å². The third-order valence-electron chi connectivity index (χ3n) is 2.85. The Morgan fingerprint density at radius 3 is 2.35 bits per heavy atom. The molecule has 0 saturated heterocycles. The molecule has 0 spiro atoms. The highest BCUT2D eigenvalue weighted by atomic mass is 19.1. The molecule has 0 bridgehead atoms. The maximum absolute atomic E-state index is 12.7.